The van der Waals surface area contributed by atoms with Crippen molar-refractivity contribution in [2.24, 2.45) is 0 Å². The second-order valence-electron chi connectivity index (χ2n) is 4.60. The number of likely N-dealkylation sites (N-methyl/N-ethyl adjacent to an activating group) is 1. The fourth-order valence-electron chi connectivity index (χ4n) is 1.77. The molecule has 1 amide bonds. The Labute approximate surface area is 117 Å². The van der Waals surface area contributed by atoms with E-state index < -0.39 is 0 Å². The minimum Gasteiger partial charge on any atom is -0.462 e. The van der Waals surface area contributed by atoms with Crippen LogP contribution in [-0.2, 0) is 11.3 Å². The van der Waals surface area contributed by atoms with E-state index in [1.54, 1.807) is 36.2 Å². The second-order valence-corrected chi connectivity index (χ2v) is 4.60. The molecule has 0 spiro atoms. The number of furan rings is 1. The summed E-state index contributed by atoms with van der Waals surface area (Å²) in [7, 11) is 1.70. The van der Waals surface area contributed by atoms with Gasteiger partial charge < -0.3 is 9.32 Å². The van der Waals surface area contributed by atoms with Gasteiger partial charge in [0.1, 0.15) is 17.3 Å². The van der Waals surface area contributed by atoms with Crippen LogP contribution in [-0.4, -0.2) is 17.9 Å². The highest BCUT2D eigenvalue weighted by Crippen LogP contribution is 2.09. The number of benzene rings is 1. The van der Waals surface area contributed by atoms with Gasteiger partial charge in [0.2, 0.25) is 5.91 Å². The molecule has 0 N–H and O–H groups in total. The molecule has 104 valence electrons. The quantitative estimate of drug-likeness (QED) is 0.800. The minimum absolute atomic E-state index is 0.136. The number of aryl methyl sites for hydroxylation is 1. The van der Waals surface area contributed by atoms with Gasteiger partial charge in [0.15, 0.2) is 0 Å². The van der Waals surface area contributed by atoms with E-state index in [1.807, 2.05) is 13.0 Å². The van der Waals surface area contributed by atoms with Crippen LogP contribution in [0.1, 0.15) is 17.1 Å². The Bertz CT molecular complexity index is 614. The van der Waals surface area contributed by atoms with Crippen LogP contribution in [0.3, 0.4) is 0 Å². The van der Waals surface area contributed by atoms with Crippen LogP contribution in [0, 0.1) is 12.7 Å². The minimum atomic E-state index is -0.282. The van der Waals surface area contributed by atoms with E-state index in [-0.39, 0.29) is 11.7 Å². The van der Waals surface area contributed by atoms with Gasteiger partial charge in [0.25, 0.3) is 0 Å². The molecule has 3 nitrogen and oxygen atoms in total. The molecule has 0 aliphatic rings. The summed E-state index contributed by atoms with van der Waals surface area (Å²) >= 11 is 0. The lowest BCUT2D eigenvalue weighted by molar-refractivity contribution is -0.125. The zero-order chi connectivity index (χ0) is 14.5. The van der Waals surface area contributed by atoms with E-state index >= 15 is 0 Å². The smallest absolute Gasteiger partial charge is 0.246 e. The van der Waals surface area contributed by atoms with Crippen LogP contribution in [0.5, 0.6) is 0 Å². The lowest BCUT2D eigenvalue weighted by Crippen LogP contribution is -2.24. The number of hydrogen-bond donors (Lipinski definition) is 0. The van der Waals surface area contributed by atoms with Crippen molar-refractivity contribution in [2.45, 2.75) is 13.5 Å². The first-order valence-corrected chi connectivity index (χ1v) is 6.28. The van der Waals surface area contributed by atoms with Gasteiger partial charge in [-0.25, -0.2) is 4.39 Å². The van der Waals surface area contributed by atoms with Crippen LogP contribution in [0.4, 0.5) is 4.39 Å². The van der Waals surface area contributed by atoms with Gasteiger partial charge in [0.05, 0.1) is 0 Å². The Morgan fingerprint density at radius 1 is 1.25 bits per heavy atom. The highest BCUT2D eigenvalue weighted by atomic mass is 19.1. The molecule has 0 radical (unpaired) electrons. The highest BCUT2D eigenvalue weighted by molar-refractivity contribution is 5.91. The van der Waals surface area contributed by atoms with Crippen LogP contribution in [0.2, 0.25) is 0 Å². The molecule has 1 aromatic carbocycles. The van der Waals surface area contributed by atoms with Crippen molar-refractivity contribution < 1.29 is 13.6 Å². The number of carbonyl (C=O) groups is 1. The Balaban J connectivity index is 1.95. The van der Waals surface area contributed by atoms with Crippen molar-refractivity contribution in [3.8, 4) is 0 Å². The third-order valence-corrected chi connectivity index (χ3v) is 2.86. The maximum Gasteiger partial charge on any atom is 0.246 e. The number of halogens is 1. The molecule has 0 aliphatic carbocycles. The predicted octanol–water partition coefficient (Wildman–Crippen LogP) is 3.40. The van der Waals surface area contributed by atoms with E-state index in [9.17, 15) is 9.18 Å². The average Bonchev–Trinajstić information content (AvgIpc) is 2.84. The van der Waals surface area contributed by atoms with Crippen molar-refractivity contribution in [2.75, 3.05) is 7.05 Å². The first-order chi connectivity index (χ1) is 9.54. The van der Waals surface area contributed by atoms with Crippen LogP contribution >= 0.6 is 0 Å². The lowest BCUT2D eigenvalue weighted by atomic mass is 10.2. The van der Waals surface area contributed by atoms with Gasteiger partial charge in [-0.15, -0.1) is 0 Å². The number of nitrogens with zero attached hydrogens (tertiary/aromatic N) is 1. The zero-order valence-electron chi connectivity index (χ0n) is 11.5. The first-order valence-electron chi connectivity index (χ1n) is 6.28. The van der Waals surface area contributed by atoms with Crippen molar-refractivity contribution in [3.05, 3.63) is 65.4 Å². The molecule has 0 saturated heterocycles. The molecule has 0 fully saturated rings. The summed E-state index contributed by atoms with van der Waals surface area (Å²) in [4.78, 5) is 13.5. The summed E-state index contributed by atoms with van der Waals surface area (Å²) < 4.78 is 18.1. The molecule has 1 heterocycles. The molecule has 0 unspecified atom stereocenters. The molecule has 0 bridgehead atoms. The number of carbonyl (C=O) groups excluding carboxylic acids is 1. The van der Waals surface area contributed by atoms with Crippen LogP contribution < -0.4 is 0 Å². The van der Waals surface area contributed by atoms with Crippen molar-refractivity contribution >= 4 is 12.0 Å². The third-order valence-electron chi connectivity index (χ3n) is 2.86. The molecule has 2 rings (SSSR count). The summed E-state index contributed by atoms with van der Waals surface area (Å²) in [5, 5.41) is 0. The topological polar surface area (TPSA) is 33.5 Å². The third kappa shape index (κ3) is 3.82. The number of amides is 1. The van der Waals surface area contributed by atoms with E-state index in [0.29, 0.717) is 12.3 Å². The van der Waals surface area contributed by atoms with Crippen molar-refractivity contribution in [1.82, 2.24) is 4.90 Å². The molecule has 20 heavy (non-hydrogen) atoms. The Hall–Kier alpha value is -2.36. The second kappa shape index (κ2) is 6.19. The number of rotatable bonds is 4. The molecule has 0 saturated carbocycles. The first kappa shape index (κ1) is 14.1. The summed E-state index contributed by atoms with van der Waals surface area (Å²) in [6.45, 7) is 2.28. The van der Waals surface area contributed by atoms with E-state index in [1.165, 1.54) is 18.2 Å². The predicted molar refractivity (Wildman–Crippen MR) is 75.4 cm³/mol. The Morgan fingerprint density at radius 2 is 1.95 bits per heavy atom. The highest BCUT2D eigenvalue weighted by Gasteiger charge is 2.06. The van der Waals surface area contributed by atoms with Gasteiger partial charge in [-0.05, 0) is 42.8 Å². The van der Waals surface area contributed by atoms with Crippen LogP contribution in [0.25, 0.3) is 6.08 Å². The average molecular weight is 273 g/mol. The van der Waals surface area contributed by atoms with Gasteiger partial charge in [-0.2, -0.15) is 0 Å². The van der Waals surface area contributed by atoms with Crippen molar-refractivity contribution in [3.63, 3.8) is 0 Å². The standard InChI is InChI=1S/C16H16FNO2/c1-12-3-8-15(20-12)9-10-16(19)18(2)11-13-4-6-14(17)7-5-13/h3-10H,11H2,1-2H3/b10-9+. The van der Waals surface area contributed by atoms with Gasteiger partial charge in [0, 0.05) is 19.7 Å². The summed E-state index contributed by atoms with van der Waals surface area (Å²) in [5.41, 5.74) is 0.879. The fraction of sp³-hybridized carbons (Fsp3) is 0.188. The zero-order valence-corrected chi connectivity index (χ0v) is 11.5. The van der Waals surface area contributed by atoms with Gasteiger partial charge in [-0.1, -0.05) is 12.1 Å². The largest absolute Gasteiger partial charge is 0.462 e. The number of hydrogen-bond acceptors (Lipinski definition) is 2. The summed E-state index contributed by atoms with van der Waals surface area (Å²) in [5.74, 6) is 1.03. The maximum absolute atomic E-state index is 12.8. The van der Waals surface area contributed by atoms with E-state index in [0.717, 1.165) is 11.3 Å². The molecule has 1 aromatic heterocycles. The SMILES string of the molecule is Cc1ccc(/C=C/C(=O)N(C)Cc2ccc(F)cc2)o1. The maximum atomic E-state index is 12.8. The molecule has 0 aliphatic heterocycles. The molecule has 0 atom stereocenters. The van der Waals surface area contributed by atoms with E-state index in [2.05, 4.69) is 0 Å². The monoisotopic (exact) mass is 273 g/mol. The summed E-state index contributed by atoms with van der Waals surface area (Å²) in [6.07, 6.45) is 3.10. The molecule has 4 heteroatoms. The van der Waals surface area contributed by atoms with E-state index in [4.69, 9.17) is 4.42 Å². The van der Waals surface area contributed by atoms with Crippen LogP contribution in [0.15, 0.2) is 46.9 Å². The molecular formula is C16H16FNO2. The molecule has 2 aromatic rings. The Kier molecular flexibility index (Phi) is 4.35. The normalized spacial score (nSPS) is 10.9. The summed E-state index contributed by atoms with van der Waals surface area (Å²) in [6, 6.07) is 9.74. The van der Waals surface area contributed by atoms with Gasteiger partial charge in [-0.3, -0.25) is 4.79 Å². The fourth-order valence-corrected chi connectivity index (χ4v) is 1.77. The Morgan fingerprint density at radius 3 is 2.55 bits per heavy atom. The van der Waals surface area contributed by atoms with Gasteiger partial charge >= 0.3 is 0 Å². The lowest BCUT2D eigenvalue weighted by Gasteiger charge is -2.14. The molecular weight excluding hydrogens is 257 g/mol. The van der Waals surface area contributed by atoms with Crippen molar-refractivity contribution in [1.29, 1.82) is 0 Å².